The van der Waals surface area contributed by atoms with Crippen molar-refractivity contribution in [3.05, 3.63) is 46.8 Å². The highest BCUT2D eigenvalue weighted by Crippen LogP contribution is 2.40. The summed E-state index contributed by atoms with van der Waals surface area (Å²) in [5.74, 6) is -2.51. The van der Waals surface area contributed by atoms with Gasteiger partial charge in [0.25, 0.3) is 5.91 Å². The highest BCUT2D eigenvalue weighted by molar-refractivity contribution is 8.00. The molecule has 1 saturated heterocycles. The first kappa shape index (κ1) is 23.8. The van der Waals surface area contributed by atoms with Crippen molar-refractivity contribution >= 4 is 63.7 Å². The molecule has 10 nitrogen and oxygen atoms in total. The molecule has 3 heterocycles. The number of β-lactam (4-membered cyclic amide) rings is 1. The number of anilines is 1. The van der Waals surface area contributed by atoms with Gasteiger partial charge in [0.2, 0.25) is 5.91 Å². The van der Waals surface area contributed by atoms with Gasteiger partial charge in [-0.2, -0.15) is 0 Å². The van der Waals surface area contributed by atoms with E-state index >= 15 is 0 Å². The largest absolute Gasteiger partial charge is 0.477 e. The van der Waals surface area contributed by atoms with E-state index in [9.17, 15) is 24.3 Å². The number of carbonyl (C=O) groups excluding carboxylic acids is 3. The number of carboxylic acids is 1. The molecule has 0 bridgehead atoms. The Morgan fingerprint density at radius 2 is 2.12 bits per heavy atom. The highest BCUT2D eigenvalue weighted by atomic mass is 35.5. The average molecular weight is 505 g/mol. The van der Waals surface area contributed by atoms with E-state index < -0.39 is 41.2 Å². The van der Waals surface area contributed by atoms with Gasteiger partial charge >= 0.3 is 11.9 Å². The number of rotatable bonds is 7. The van der Waals surface area contributed by atoms with Crippen LogP contribution in [0, 0.1) is 0 Å². The minimum atomic E-state index is -1.29. The summed E-state index contributed by atoms with van der Waals surface area (Å²) in [5, 5.41) is 16.2. The number of ether oxygens (including phenoxy) is 1. The molecular formula is C22H21ClN4O6S. The molecule has 4 rings (SSSR count). The quantitative estimate of drug-likeness (QED) is 0.381. The Bertz CT molecular complexity index is 1240. The number of nitrogens with one attached hydrogen (secondary N) is 2. The van der Waals surface area contributed by atoms with Crippen LogP contribution in [-0.2, 0) is 23.9 Å². The van der Waals surface area contributed by atoms with Gasteiger partial charge in [0, 0.05) is 40.5 Å². The number of aliphatic carboxylic acids is 1. The van der Waals surface area contributed by atoms with Crippen molar-refractivity contribution in [2.45, 2.75) is 31.3 Å². The summed E-state index contributed by atoms with van der Waals surface area (Å²) in [4.78, 5) is 53.9. The van der Waals surface area contributed by atoms with Gasteiger partial charge in [0.05, 0.1) is 5.52 Å². The average Bonchev–Trinajstić information content (AvgIpc) is 2.79. The Labute approximate surface area is 203 Å². The van der Waals surface area contributed by atoms with Crippen molar-refractivity contribution in [2.75, 3.05) is 17.7 Å². The Balaban J connectivity index is 1.44. The van der Waals surface area contributed by atoms with Gasteiger partial charge in [-0.15, -0.1) is 11.8 Å². The van der Waals surface area contributed by atoms with E-state index in [0.29, 0.717) is 21.8 Å². The molecule has 0 spiro atoms. The first-order valence-corrected chi connectivity index (χ1v) is 11.7. The zero-order chi connectivity index (χ0) is 24.6. The second-order valence-electron chi connectivity index (χ2n) is 7.82. The topological polar surface area (TPSA) is 138 Å². The molecule has 2 aromatic rings. The van der Waals surface area contributed by atoms with Gasteiger partial charge in [-0.25, -0.2) is 4.79 Å². The van der Waals surface area contributed by atoms with Crippen LogP contribution in [0.25, 0.3) is 10.9 Å². The molecule has 0 saturated carbocycles. The first-order valence-electron chi connectivity index (χ1n) is 10.3. The summed E-state index contributed by atoms with van der Waals surface area (Å²) < 4.78 is 4.92. The van der Waals surface area contributed by atoms with E-state index in [1.54, 1.807) is 37.4 Å². The zero-order valence-electron chi connectivity index (χ0n) is 18.2. The van der Waals surface area contributed by atoms with Crippen LogP contribution in [-0.4, -0.2) is 68.6 Å². The maximum Gasteiger partial charge on any atom is 0.352 e. The number of hydrogen-bond acceptors (Lipinski definition) is 8. The van der Waals surface area contributed by atoms with Crippen LogP contribution < -0.4 is 10.6 Å². The summed E-state index contributed by atoms with van der Waals surface area (Å²) in [5.41, 5.74) is 1.49. The van der Waals surface area contributed by atoms with Gasteiger partial charge in [-0.1, -0.05) is 11.6 Å². The van der Waals surface area contributed by atoms with Gasteiger partial charge in [0.1, 0.15) is 29.8 Å². The minimum absolute atomic E-state index is 0.200. The molecule has 3 N–H and O–H groups in total. The summed E-state index contributed by atoms with van der Waals surface area (Å²) >= 11 is 7.33. The molecule has 0 aliphatic carbocycles. The maximum atomic E-state index is 12.8. The van der Waals surface area contributed by atoms with Crippen molar-refractivity contribution in [3.63, 3.8) is 0 Å². The van der Waals surface area contributed by atoms with Crippen molar-refractivity contribution in [3.8, 4) is 0 Å². The molecule has 12 heteroatoms. The molecule has 3 atom stereocenters. The zero-order valence-corrected chi connectivity index (χ0v) is 19.8. The number of thioether (sulfide) groups is 1. The van der Waals surface area contributed by atoms with Crippen molar-refractivity contribution in [1.82, 2.24) is 15.2 Å². The second-order valence-corrected chi connectivity index (χ2v) is 9.36. The van der Waals surface area contributed by atoms with Crippen LogP contribution in [0.4, 0.5) is 5.69 Å². The van der Waals surface area contributed by atoms with Gasteiger partial charge in [-0.3, -0.25) is 24.3 Å². The molecule has 1 aromatic heterocycles. The van der Waals surface area contributed by atoms with Crippen LogP contribution in [0.5, 0.6) is 0 Å². The third kappa shape index (κ3) is 4.53. The van der Waals surface area contributed by atoms with Crippen molar-refractivity contribution in [1.29, 1.82) is 0 Å². The third-order valence-electron chi connectivity index (χ3n) is 5.47. The van der Waals surface area contributed by atoms with E-state index in [-0.39, 0.29) is 18.1 Å². The van der Waals surface area contributed by atoms with Crippen molar-refractivity contribution in [2.24, 2.45) is 0 Å². The molecule has 1 aromatic carbocycles. The number of esters is 1. The van der Waals surface area contributed by atoms with Gasteiger partial charge in [-0.05, 0) is 31.2 Å². The van der Waals surface area contributed by atoms with Crippen LogP contribution in [0.2, 0.25) is 5.02 Å². The lowest BCUT2D eigenvalue weighted by Crippen LogP contribution is -2.71. The molecule has 34 heavy (non-hydrogen) atoms. The summed E-state index contributed by atoms with van der Waals surface area (Å²) in [6, 6.07) is 5.44. The molecule has 1 unspecified atom stereocenters. The molecule has 178 valence electrons. The van der Waals surface area contributed by atoms with E-state index in [4.69, 9.17) is 16.3 Å². The van der Waals surface area contributed by atoms with E-state index in [2.05, 4.69) is 15.6 Å². The Kier molecular flexibility index (Phi) is 6.67. The fourth-order valence-corrected chi connectivity index (χ4v) is 5.30. The number of aromatic nitrogens is 1. The van der Waals surface area contributed by atoms with Crippen LogP contribution in [0.15, 0.2) is 41.7 Å². The number of fused-ring (bicyclic) bond motifs is 2. The molecule has 2 amide bonds. The number of hydrogen-bond donors (Lipinski definition) is 3. The lowest BCUT2D eigenvalue weighted by Gasteiger charge is -2.49. The second kappa shape index (κ2) is 9.51. The Hall–Kier alpha value is -3.31. The fourth-order valence-electron chi connectivity index (χ4n) is 3.81. The first-order chi connectivity index (χ1) is 16.2. The number of nitrogens with zero attached hydrogens (tertiary/aromatic N) is 2. The molecule has 2 aliphatic rings. The smallest absolute Gasteiger partial charge is 0.352 e. The number of carboxylic acid groups (broad SMARTS) is 1. The number of amides is 2. The number of benzene rings is 1. The molecular weight excluding hydrogens is 484 g/mol. The lowest BCUT2D eigenvalue weighted by atomic mass is 10.0. The Morgan fingerprint density at radius 3 is 2.82 bits per heavy atom. The fraction of sp³-hybridized carbons (Fsp3) is 0.318. The van der Waals surface area contributed by atoms with Gasteiger partial charge < -0.3 is 20.5 Å². The number of halogens is 1. The third-order valence-corrected chi connectivity index (χ3v) is 7.04. The highest BCUT2D eigenvalue weighted by Gasteiger charge is 2.54. The standard InChI is InChI=1S/C22H21ClN4O6S/c1-10(25-15-5-6-24-16-7-13(23)3-4-14(15)16)19(29)26-17-20(30)27-18(22(31)32)12(8-33-11(2)28)9-34-21(17)27/h3-7,10,17,21H,8-9H2,1-2H3,(H,24,25)(H,26,29)(H,31,32)/t10?,17-,21-/m1/s1. The lowest BCUT2D eigenvalue weighted by molar-refractivity contribution is -0.151. The van der Waals surface area contributed by atoms with Crippen LogP contribution in [0.3, 0.4) is 0 Å². The maximum absolute atomic E-state index is 12.8. The normalized spacial score (nSPS) is 20.3. The van der Waals surface area contributed by atoms with Crippen LogP contribution in [0.1, 0.15) is 13.8 Å². The van der Waals surface area contributed by atoms with E-state index in [0.717, 1.165) is 10.3 Å². The minimum Gasteiger partial charge on any atom is -0.477 e. The molecule has 0 radical (unpaired) electrons. The van der Waals surface area contributed by atoms with Crippen LogP contribution >= 0.6 is 23.4 Å². The van der Waals surface area contributed by atoms with E-state index in [1.165, 1.54) is 18.7 Å². The predicted molar refractivity (Wildman–Crippen MR) is 126 cm³/mol. The molecule has 2 aliphatic heterocycles. The number of carbonyl (C=O) groups is 4. The van der Waals surface area contributed by atoms with E-state index in [1.807, 2.05) is 0 Å². The van der Waals surface area contributed by atoms with Crippen molar-refractivity contribution < 1.29 is 29.0 Å². The summed E-state index contributed by atoms with van der Waals surface area (Å²) in [7, 11) is 0. The summed E-state index contributed by atoms with van der Waals surface area (Å²) in [6.45, 7) is 2.68. The Morgan fingerprint density at radius 1 is 1.35 bits per heavy atom. The van der Waals surface area contributed by atoms with Gasteiger partial charge in [0.15, 0.2) is 0 Å². The number of pyridine rings is 1. The molecule has 1 fully saturated rings. The SMILES string of the molecule is CC(=O)OCC1=C(C(=O)O)N2C(=O)[C@@H](NC(=O)C(C)Nc3ccnc4cc(Cl)ccc34)[C@H]2SC1. The summed E-state index contributed by atoms with van der Waals surface area (Å²) in [6.07, 6.45) is 1.60. The predicted octanol–water partition coefficient (Wildman–Crippen LogP) is 1.99. The monoisotopic (exact) mass is 504 g/mol.